The normalized spacial score (nSPS) is 37.0. The first kappa shape index (κ1) is 24.2. The predicted octanol–water partition coefficient (Wildman–Crippen LogP) is 6.18. The topological polar surface area (TPSA) is 63.6 Å². The van der Waals surface area contributed by atoms with Crippen LogP contribution in [0.3, 0.4) is 0 Å². The Morgan fingerprint density at radius 2 is 1.55 bits per heavy atom. The Balaban J connectivity index is 2.22. The molecule has 0 aromatic carbocycles. The first-order valence-electron chi connectivity index (χ1n) is 11.9. The van der Waals surface area contributed by atoms with Gasteiger partial charge in [-0.1, -0.05) is 54.9 Å². The van der Waals surface area contributed by atoms with Crippen molar-refractivity contribution >= 4 is 11.9 Å². The summed E-state index contributed by atoms with van der Waals surface area (Å²) in [6, 6.07) is 0. The zero-order valence-electron chi connectivity index (χ0n) is 19.7. The molecule has 29 heavy (non-hydrogen) atoms. The van der Waals surface area contributed by atoms with Crippen molar-refractivity contribution in [1.29, 1.82) is 0 Å². The molecule has 2 saturated carbocycles. The summed E-state index contributed by atoms with van der Waals surface area (Å²) in [7, 11) is 0. The third kappa shape index (κ3) is 6.21. The van der Waals surface area contributed by atoms with Crippen LogP contribution in [0.5, 0.6) is 0 Å². The van der Waals surface area contributed by atoms with Crippen LogP contribution >= 0.6 is 0 Å². The maximum absolute atomic E-state index is 13.2. The molecule has 0 bridgehead atoms. The highest BCUT2D eigenvalue weighted by Gasteiger charge is 2.44. The molecular weight excluding hydrogens is 364 g/mol. The predicted molar refractivity (Wildman–Crippen MR) is 116 cm³/mol. The smallest absolute Gasteiger partial charge is 0.310 e. The van der Waals surface area contributed by atoms with E-state index in [0.717, 1.165) is 19.3 Å². The van der Waals surface area contributed by atoms with E-state index >= 15 is 0 Å². The highest BCUT2D eigenvalue weighted by Crippen LogP contribution is 2.44. The molecule has 0 amide bonds. The lowest BCUT2D eigenvalue weighted by atomic mass is 9.65. The Labute approximate surface area is 178 Å². The molecule has 0 aromatic rings. The van der Waals surface area contributed by atoms with E-state index < -0.39 is 17.8 Å². The summed E-state index contributed by atoms with van der Waals surface area (Å²) in [6.07, 6.45) is 6.23. The van der Waals surface area contributed by atoms with E-state index in [4.69, 9.17) is 4.74 Å². The minimum atomic E-state index is -0.850. The van der Waals surface area contributed by atoms with Crippen molar-refractivity contribution in [1.82, 2.24) is 0 Å². The van der Waals surface area contributed by atoms with Crippen LogP contribution in [-0.4, -0.2) is 23.1 Å². The van der Waals surface area contributed by atoms with Crippen LogP contribution < -0.4 is 0 Å². The Bertz CT molecular complexity index is 557. The number of rotatable bonds is 7. The van der Waals surface area contributed by atoms with Gasteiger partial charge in [0, 0.05) is 5.92 Å². The summed E-state index contributed by atoms with van der Waals surface area (Å²) in [6.45, 7) is 15.7. The summed E-state index contributed by atoms with van der Waals surface area (Å²) in [5.41, 5.74) is 0.0979. The molecule has 1 N–H and O–H groups in total. The van der Waals surface area contributed by atoms with Crippen molar-refractivity contribution in [2.75, 3.05) is 0 Å². The van der Waals surface area contributed by atoms with Crippen molar-refractivity contribution < 1.29 is 19.4 Å². The fourth-order valence-electron chi connectivity index (χ4n) is 6.09. The molecule has 2 aliphatic rings. The lowest BCUT2D eigenvalue weighted by Crippen LogP contribution is -2.44. The van der Waals surface area contributed by atoms with E-state index in [1.54, 1.807) is 0 Å². The molecule has 2 aliphatic carbocycles. The fraction of sp³-hybridized carbons (Fsp3) is 0.920. The minimum absolute atomic E-state index is 0.0979. The maximum atomic E-state index is 13.2. The number of esters is 1. The van der Waals surface area contributed by atoms with Crippen molar-refractivity contribution in [2.45, 2.75) is 99.5 Å². The summed E-state index contributed by atoms with van der Waals surface area (Å²) in [4.78, 5) is 25.0. The standard InChI is InChI=1S/C25H44O4/c1-8-25(6,7)14-21(22-17(4)11-16(3)12-18(22)5)29-24(28)19-10-9-15(2)13-20(19)23(26)27/h15-22H,8-14H2,1-7H3,(H,26,27). The number of carbonyl (C=O) groups excluding carboxylic acids is 1. The van der Waals surface area contributed by atoms with Crippen LogP contribution in [0.25, 0.3) is 0 Å². The number of aliphatic carboxylic acids is 1. The quantitative estimate of drug-likeness (QED) is 0.511. The van der Waals surface area contributed by atoms with Gasteiger partial charge in [0.05, 0.1) is 11.8 Å². The highest BCUT2D eigenvalue weighted by molar-refractivity contribution is 5.81. The second kappa shape index (κ2) is 9.83. The van der Waals surface area contributed by atoms with Gasteiger partial charge in [0.25, 0.3) is 0 Å². The average Bonchev–Trinajstić information content (AvgIpc) is 2.60. The summed E-state index contributed by atoms with van der Waals surface area (Å²) in [5, 5.41) is 9.69. The lowest BCUT2D eigenvalue weighted by Gasteiger charge is -2.44. The molecular formula is C25H44O4. The maximum Gasteiger partial charge on any atom is 0.310 e. The largest absolute Gasteiger partial charge is 0.481 e. The molecule has 6 unspecified atom stereocenters. The molecule has 4 nitrogen and oxygen atoms in total. The van der Waals surface area contributed by atoms with E-state index in [0.29, 0.717) is 42.4 Å². The van der Waals surface area contributed by atoms with Gasteiger partial charge in [-0.25, -0.2) is 0 Å². The van der Waals surface area contributed by atoms with Crippen LogP contribution in [-0.2, 0) is 14.3 Å². The van der Waals surface area contributed by atoms with E-state index in [9.17, 15) is 14.7 Å². The number of carboxylic acids is 1. The molecule has 0 aromatic heterocycles. The zero-order valence-corrected chi connectivity index (χ0v) is 19.7. The molecule has 2 fully saturated rings. The van der Waals surface area contributed by atoms with E-state index in [1.807, 2.05) is 0 Å². The molecule has 2 rings (SSSR count). The fourth-order valence-corrected chi connectivity index (χ4v) is 6.09. The van der Waals surface area contributed by atoms with Gasteiger partial charge in [0.2, 0.25) is 0 Å². The monoisotopic (exact) mass is 408 g/mol. The van der Waals surface area contributed by atoms with Crippen LogP contribution in [0.4, 0.5) is 0 Å². The van der Waals surface area contributed by atoms with Crippen LogP contribution in [0, 0.1) is 46.8 Å². The third-order valence-corrected chi connectivity index (χ3v) is 8.00. The molecule has 4 heteroatoms. The number of hydrogen-bond donors (Lipinski definition) is 1. The number of carbonyl (C=O) groups is 2. The van der Waals surface area contributed by atoms with Crippen molar-refractivity contribution in [3.05, 3.63) is 0 Å². The van der Waals surface area contributed by atoms with Crippen molar-refractivity contribution in [3.63, 3.8) is 0 Å². The average molecular weight is 409 g/mol. The first-order chi connectivity index (χ1) is 13.4. The second-order valence-corrected chi connectivity index (χ2v) is 11.3. The van der Waals surface area contributed by atoms with Gasteiger partial charge in [-0.05, 0) is 67.6 Å². The molecule has 0 aliphatic heterocycles. The molecule has 0 radical (unpaired) electrons. The summed E-state index contributed by atoms with van der Waals surface area (Å²) in [5.74, 6) is 0.235. The molecule has 0 saturated heterocycles. The van der Waals surface area contributed by atoms with Crippen molar-refractivity contribution in [2.24, 2.45) is 46.8 Å². The third-order valence-electron chi connectivity index (χ3n) is 8.00. The van der Waals surface area contributed by atoms with Gasteiger partial charge < -0.3 is 9.84 Å². The van der Waals surface area contributed by atoms with Crippen LogP contribution in [0.2, 0.25) is 0 Å². The van der Waals surface area contributed by atoms with Gasteiger partial charge in [0.1, 0.15) is 6.10 Å². The Morgan fingerprint density at radius 1 is 0.966 bits per heavy atom. The van der Waals surface area contributed by atoms with E-state index in [2.05, 4.69) is 48.5 Å². The SMILES string of the molecule is CCC(C)(C)CC(OC(=O)C1CCC(C)CC1C(=O)O)C1C(C)CC(C)CC1C. The second-order valence-electron chi connectivity index (χ2n) is 11.3. The Morgan fingerprint density at radius 3 is 2.07 bits per heavy atom. The van der Waals surface area contributed by atoms with E-state index in [1.165, 1.54) is 12.8 Å². The summed E-state index contributed by atoms with van der Waals surface area (Å²) >= 11 is 0. The van der Waals surface area contributed by atoms with Gasteiger partial charge in [0.15, 0.2) is 0 Å². The highest BCUT2D eigenvalue weighted by atomic mass is 16.5. The van der Waals surface area contributed by atoms with Gasteiger partial charge in [-0.15, -0.1) is 0 Å². The molecule has 0 heterocycles. The zero-order chi connectivity index (χ0) is 21.9. The van der Waals surface area contributed by atoms with Gasteiger partial charge >= 0.3 is 11.9 Å². The molecule has 168 valence electrons. The van der Waals surface area contributed by atoms with Gasteiger partial charge in [-0.2, -0.15) is 0 Å². The van der Waals surface area contributed by atoms with Crippen LogP contribution in [0.1, 0.15) is 93.4 Å². The Hall–Kier alpha value is -1.06. The Kier molecular flexibility index (Phi) is 8.21. The van der Waals surface area contributed by atoms with Crippen LogP contribution in [0.15, 0.2) is 0 Å². The number of carboxylic acid groups (broad SMARTS) is 1. The molecule has 0 spiro atoms. The van der Waals surface area contributed by atoms with E-state index in [-0.39, 0.29) is 17.5 Å². The minimum Gasteiger partial charge on any atom is -0.481 e. The van der Waals surface area contributed by atoms with Crippen molar-refractivity contribution in [3.8, 4) is 0 Å². The molecule has 6 atom stereocenters. The lowest BCUT2D eigenvalue weighted by molar-refractivity contribution is -0.171. The number of ether oxygens (including phenoxy) is 1. The first-order valence-corrected chi connectivity index (χ1v) is 11.9. The summed E-state index contributed by atoms with van der Waals surface area (Å²) < 4.78 is 6.26. The number of hydrogen-bond acceptors (Lipinski definition) is 3. The van der Waals surface area contributed by atoms with Gasteiger partial charge in [-0.3, -0.25) is 9.59 Å².